The van der Waals surface area contributed by atoms with Gasteiger partial charge in [-0.2, -0.15) is 0 Å². The van der Waals surface area contributed by atoms with Gasteiger partial charge in [-0.25, -0.2) is 0 Å². The van der Waals surface area contributed by atoms with Crippen molar-refractivity contribution >= 4 is 11.9 Å². The van der Waals surface area contributed by atoms with Crippen LogP contribution in [0.25, 0.3) is 0 Å². The van der Waals surface area contributed by atoms with Crippen LogP contribution in [0.1, 0.15) is 24.2 Å². The summed E-state index contributed by atoms with van der Waals surface area (Å²) in [7, 11) is 1.58. The maximum atomic E-state index is 11.9. The van der Waals surface area contributed by atoms with Crippen LogP contribution in [0.2, 0.25) is 0 Å². The Morgan fingerprint density at radius 2 is 1.82 bits per heavy atom. The van der Waals surface area contributed by atoms with E-state index in [-0.39, 0.29) is 18.6 Å². The molecule has 0 saturated carbocycles. The standard InChI is InChI=1S/C13H17NO3/c1-10(2)17-12(15)9-14(3)13(16)11-7-5-4-6-8-11/h4-8,10H,9H2,1-3H3. The van der Waals surface area contributed by atoms with Crippen LogP contribution in [-0.2, 0) is 9.53 Å². The average Bonchev–Trinajstić information content (AvgIpc) is 2.28. The molecule has 0 saturated heterocycles. The lowest BCUT2D eigenvalue weighted by molar-refractivity contribution is -0.147. The summed E-state index contributed by atoms with van der Waals surface area (Å²) in [4.78, 5) is 24.6. The van der Waals surface area contributed by atoms with E-state index in [1.165, 1.54) is 4.90 Å². The Morgan fingerprint density at radius 1 is 1.24 bits per heavy atom. The molecule has 0 atom stereocenters. The van der Waals surface area contributed by atoms with Crippen molar-refractivity contribution in [1.29, 1.82) is 0 Å². The summed E-state index contributed by atoms with van der Waals surface area (Å²) in [5.74, 6) is -0.585. The number of rotatable bonds is 4. The van der Waals surface area contributed by atoms with Crippen molar-refractivity contribution in [3.8, 4) is 0 Å². The maximum absolute atomic E-state index is 11.9. The van der Waals surface area contributed by atoms with Gasteiger partial charge in [0.25, 0.3) is 5.91 Å². The predicted molar refractivity (Wildman–Crippen MR) is 64.6 cm³/mol. The summed E-state index contributed by atoms with van der Waals surface area (Å²) in [6, 6.07) is 8.84. The quantitative estimate of drug-likeness (QED) is 0.746. The third kappa shape index (κ3) is 4.26. The molecule has 0 aromatic heterocycles. The van der Waals surface area contributed by atoms with Crippen molar-refractivity contribution in [1.82, 2.24) is 4.90 Å². The Hall–Kier alpha value is -1.84. The maximum Gasteiger partial charge on any atom is 0.325 e. The molecule has 4 heteroatoms. The first-order valence-corrected chi connectivity index (χ1v) is 5.50. The van der Waals surface area contributed by atoms with Crippen LogP contribution in [0.15, 0.2) is 30.3 Å². The Labute approximate surface area is 101 Å². The number of carbonyl (C=O) groups is 2. The monoisotopic (exact) mass is 235 g/mol. The van der Waals surface area contributed by atoms with Crippen LogP contribution < -0.4 is 0 Å². The first kappa shape index (κ1) is 13.2. The lowest BCUT2D eigenvalue weighted by Crippen LogP contribution is -2.33. The summed E-state index contributed by atoms with van der Waals surface area (Å²) < 4.78 is 4.97. The Kier molecular flexibility index (Phi) is 4.69. The highest BCUT2D eigenvalue weighted by molar-refractivity contribution is 5.95. The minimum Gasteiger partial charge on any atom is -0.462 e. The molecule has 0 fully saturated rings. The number of amides is 1. The van der Waals surface area contributed by atoms with Crippen LogP contribution in [0.4, 0.5) is 0 Å². The first-order chi connectivity index (χ1) is 8.00. The van der Waals surface area contributed by atoms with Crippen LogP contribution in [0.3, 0.4) is 0 Å². The zero-order chi connectivity index (χ0) is 12.8. The molecule has 92 valence electrons. The molecule has 1 aromatic carbocycles. The Balaban J connectivity index is 2.56. The van der Waals surface area contributed by atoms with Gasteiger partial charge in [-0.3, -0.25) is 9.59 Å². The minimum atomic E-state index is -0.396. The van der Waals surface area contributed by atoms with Gasteiger partial charge >= 0.3 is 5.97 Å². The van der Waals surface area contributed by atoms with Crippen LogP contribution in [-0.4, -0.2) is 36.5 Å². The second kappa shape index (κ2) is 6.03. The van der Waals surface area contributed by atoms with E-state index in [2.05, 4.69) is 0 Å². The number of hydrogen-bond acceptors (Lipinski definition) is 3. The van der Waals surface area contributed by atoms with E-state index >= 15 is 0 Å². The lowest BCUT2D eigenvalue weighted by atomic mass is 10.2. The molecular weight excluding hydrogens is 218 g/mol. The van der Waals surface area contributed by atoms with Crippen molar-refractivity contribution in [2.75, 3.05) is 13.6 Å². The molecule has 0 unspecified atom stereocenters. The summed E-state index contributed by atoms with van der Waals surface area (Å²) in [5, 5.41) is 0. The molecule has 0 heterocycles. The van der Waals surface area contributed by atoms with Crippen LogP contribution >= 0.6 is 0 Å². The minimum absolute atomic E-state index is 0.0358. The van der Waals surface area contributed by atoms with Gasteiger partial charge in [0.15, 0.2) is 0 Å². The largest absolute Gasteiger partial charge is 0.462 e. The fraction of sp³-hybridized carbons (Fsp3) is 0.385. The summed E-state index contributed by atoms with van der Waals surface area (Å²) in [6.07, 6.45) is -0.164. The fourth-order valence-electron chi connectivity index (χ4n) is 1.37. The fourth-order valence-corrected chi connectivity index (χ4v) is 1.37. The molecule has 0 N–H and O–H groups in total. The van der Waals surface area contributed by atoms with E-state index in [0.717, 1.165) is 0 Å². The topological polar surface area (TPSA) is 46.6 Å². The number of hydrogen-bond donors (Lipinski definition) is 0. The number of benzene rings is 1. The number of carbonyl (C=O) groups excluding carboxylic acids is 2. The normalized spacial score (nSPS) is 10.1. The molecule has 1 rings (SSSR count). The second-order valence-electron chi connectivity index (χ2n) is 4.07. The van der Waals surface area contributed by atoms with Crippen molar-refractivity contribution in [2.45, 2.75) is 20.0 Å². The Morgan fingerprint density at radius 3 is 2.35 bits per heavy atom. The highest BCUT2D eigenvalue weighted by atomic mass is 16.5. The number of ether oxygens (including phenoxy) is 1. The molecule has 1 aromatic rings. The van der Waals surface area contributed by atoms with Gasteiger partial charge in [0.2, 0.25) is 0 Å². The molecule has 0 aliphatic rings. The van der Waals surface area contributed by atoms with Gasteiger partial charge in [-0.15, -0.1) is 0 Å². The van der Waals surface area contributed by atoms with E-state index in [0.29, 0.717) is 5.56 Å². The summed E-state index contributed by atoms with van der Waals surface area (Å²) >= 11 is 0. The number of likely N-dealkylation sites (N-methyl/N-ethyl adjacent to an activating group) is 1. The summed E-state index contributed by atoms with van der Waals surface area (Å²) in [5.41, 5.74) is 0.562. The highest BCUT2D eigenvalue weighted by Gasteiger charge is 2.15. The third-order valence-electron chi connectivity index (χ3n) is 2.10. The molecule has 0 radical (unpaired) electrons. The zero-order valence-electron chi connectivity index (χ0n) is 10.3. The molecule has 0 bridgehead atoms. The molecular formula is C13H17NO3. The second-order valence-corrected chi connectivity index (χ2v) is 4.07. The molecule has 0 spiro atoms. The predicted octanol–water partition coefficient (Wildman–Crippen LogP) is 1.71. The van der Waals surface area contributed by atoms with Gasteiger partial charge in [-0.05, 0) is 26.0 Å². The third-order valence-corrected chi connectivity index (χ3v) is 2.10. The van der Waals surface area contributed by atoms with Crippen LogP contribution in [0, 0.1) is 0 Å². The molecule has 0 aliphatic heterocycles. The van der Waals surface area contributed by atoms with E-state index in [9.17, 15) is 9.59 Å². The zero-order valence-corrected chi connectivity index (χ0v) is 10.3. The van der Waals surface area contributed by atoms with Gasteiger partial charge in [0.05, 0.1) is 6.10 Å². The highest BCUT2D eigenvalue weighted by Crippen LogP contribution is 2.03. The van der Waals surface area contributed by atoms with Gasteiger partial charge in [-0.1, -0.05) is 18.2 Å². The summed E-state index contributed by atoms with van der Waals surface area (Å²) in [6.45, 7) is 3.51. The smallest absolute Gasteiger partial charge is 0.325 e. The van der Waals surface area contributed by atoms with E-state index in [4.69, 9.17) is 4.74 Å². The van der Waals surface area contributed by atoms with E-state index in [1.54, 1.807) is 45.2 Å². The van der Waals surface area contributed by atoms with Gasteiger partial charge in [0.1, 0.15) is 6.54 Å². The molecule has 1 amide bonds. The van der Waals surface area contributed by atoms with E-state index in [1.807, 2.05) is 6.07 Å². The lowest BCUT2D eigenvalue weighted by Gasteiger charge is -2.17. The number of nitrogens with zero attached hydrogens (tertiary/aromatic N) is 1. The van der Waals surface area contributed by atoms with Gasteiger partial charge in [0, 0.05) is 12.6 Å². The van der Waals surface area contributed by atoms with Crippen molar-refractivity contribution < 1.29 is 14.3 Å². The van der Waals surface area contributed by atoms with Crippen molar-refractivity contribution in [3.63, 3.8) is 0 Å². The first-order valence-electron chi connectivity index (χ1n) is 5.50. The van der Waals surface area contributed by atoms with Crippen molar-refractivity contribution in [3.05, 3.63) is 35.9 Å². The Bertz CT molecular complexity index is 387. The van der Waals surface area contributed by atoms with Crippen LogP contribution in [0.5, 0.6) is 0 Å². The average molecular weight is 235 g/mol. The number of esters is 1. The van der Waals surface area contributed by atoms with Crippen molar-refractivity contribution in [2.24, 2.45) is 0 Å². The van der Waals surface area contributed by atoms with Gasteiger partial charge < -0.3 is 9.64 Å². The SMILES string of the molecule is CC(C)OC(=O)CN(C)C(=O)c1ccccc1. The van der Waals surface area contributed by atoms with E-state index < -0.39 is 5.97 Å². The molecule has 0 aliphatic carbocycles. The molecule has 17 heavy (non-hydrogen) atoms. The molecule has 4 nitrogen and oxygen atoms in total.